The van der Waals surface area contributed by atoms with Crippen molar-refractivity contribution in [1.29, 1.82) is 0 Å². The highest BCUT2D eigenvalue weighted by atomic mass is 35.5. The normalized spacial score (nSPS) is 14.2. The second-order valence-corrected chi connectivity index (χ2v) is 4.79. The molecular formula is C10H15ClN2. The summed E-state index contributed by atoms with van der Waals surface area (Å²) in [7, 11) is 0. The first-order chi connectivity index (χ1) is 5.93. The molecule has 0 saturated carbocycles. The van der Waals surface area contributed by atoms with Gasteiger partial charge in [0.05, 0.1) is 17.4 Å². The van der Waals surface area contributed by atoms with E-state index in [1.165, 1.54) is 0 Å². The molecule has 1 atom stereocenters. The lowest BCUT2D eigenvalue weighted by atomic mass is 9.78. The minimum absolute atomic E-state index is 0.201. The van der Waals surface area contributed by atoms with Crippen LogP contribution in [0.25, 0.3) is 0 Å². The molecule has 1 unspecified atom stereocenters. The summed E-state index contributed by atoms with van der Waals surface area (Å²) in [4.78, 5) is 0. The van der Waals surface area contributed by atoms with Gasteiger partial charge in [-0.1, -0.05) is 39.3 Å². The Labute approximate surface area is 84.3 Å². The van der Waals surface area contributed by atoms with Crippen LogP contribution in [0.1, 0.15) is 39.2 Å². The van der Waals surface area contributed by atoms with Crippen LogP contribution in [0.15, 0.2) is 12.4 Å². The van der Waals surface area contributed by atoms with E-state index in [-0.39, 0.29) is 5.41 Å². The number of hydrogen-bond donors (Lipinski definition) is 0. The van der Waals surface area contributed by atoms with Crippen LogP contribution in [-0.2, 0) is 0 Å². The van der Waals surface area contributed by atoms with Gasteiger partial charge in [-0.15, -0.1) is 0 Å². The zero-order valence-corrected chi connectivity index (χ0v) is 9.26. The lowest BCUT2D eigenvalue weighted by Gasteiger charge is -2.27. The molecule has 1 heterocycles. The molecule has 72 valence electrons. The molecule has 1 rings (SSSR count). The van der Waals surface area contributed by atoms with Gasteiger partial charge in [0.1, 0.15) is 0 Å². The van der Waals surface area contributed by atoms with Crippen molar-refractivity contribution in [1.82, 2.24) is 10.2 Å². The molecule has 13 heavy (non-hydrogen) atoms. The van der Waals surface area contributed by atoms with Crippen LogP contribution in [0.2, 0.25) is 5.02 Å². The Bertz CT molecular complexity index is 291. The van der Waals surface area contributed by atoms with E-state index >= 15 is 0 Å². The van der Waals surface area contributed by atoms with Gasteiger partial charge in [-0.25, -0.2) is 0 Å². The fraction of sp³-hybridized carbons (Fsp3) is 0.600. The molecule has 0 aliphatic carbocycles. The average Bonchev–Trinajstić information content (AvgIpc) is 2.02. The zero-order valence-electron chi connectivity index (χ0n) is 8.50. The maximum absolute atomic E-state index is 6.02. The summed E-state index contributed by atoms with van der Waals surface area (Å²) >= 11 is 6.02. The van der Waals surface area contributed by atoms with Crippen LogP contribution in [0, 0.1) is 5.41 Å². The third-order valence-corrected chi connectivity index (χ3v) is 2.79. The Balaban J connectivity index is 3.02. The second-order valence-electron chi connectivity index (χ2n) is 4.38. The minimum Gasteiger partial charge on any atom is -0.159 e. The summed E-state index contributed by atoms with van der Waals surface area (Å²) in [6.45, 7) is 8.72. The molecule has 0 aliphatic heterocycles. The lowest BCUT2D eigenvalue weighted by molar-refractivity contribution is 0.339. The van der Waals surface area contributed by atoms with E-state index in [1.54, 1.807) is 12.4 Å². The topological polar surface area (TPSA) is 25.8 Å². The third kappa shape index (κ3) is 2.41. The highest BCUT2D eigenvalue weighted by Crippen LogP contribution is 2.36. The van der Waals surface area contributed by atoms with E-state index in [0.717, 1.165) is 5.56 Å². The number of rotatable bonds is 1. The highest BCUT2D eigenvalue weighted by Gasteiger charge is 2.23. The lowest BCUT2D eigenvalue weighted by Crippen LogP contribution is -2.16. The SMILES string of the molecule is CC(c1cnncc1Cl)C(C)(C)C. The zero-order chi connectivity index (χ0) is 10.1. The van der Waals surface area contributed by atoms with Crippen molar-refractivity contribution >= 4 is 11.6 Å². The van der Waals surface area contributed by atoms with E-state index < -0.39 is 0 Å². The monoisotopic (exact) mass is 198 g/mol. The maximum Gasteiger partial charge on any atom is 0.0685 e. The molecule has 1 aromatic rings. The Kier molecular flexibility index (Phi) is 2.91. The Morgan fingerprint density at radius 2 is 1.77 bits per heavy atom. The standard InChI is InChI=1S/C10H15ClN2/c1-7(10(2,3)4)8-5-12-13-6-9(8)11/h5-7H,1-4H3. The molecule has 0 aliphatic rings. The van der Waals surface area contributed by atoms with Crippen molar-refractivity contribution in [2.75, 3.05) is 0 Å². The quantitative estimate of drug-likeness (QED) is 0.692. The summed E-state index contributed by atoms with van der Waals surface area (Å²) in [6.07, 6.45) is 3.34. The first kappa shape index (κ1) is 10.5. The number of hydrogen-bond acceptors (Lipinski definition) is 2. The number of aromatic nitrogens is 2. The largest absolute Gasteiger partial charge is 0.159 e. The van der Waals surface area contributed by atoms with Crippen molar-refractivity contribution in [2.45, 2.75) is 33.6 Å². The molecule has 0 radical (unpaired) electrons. The van der Waals surface area contributed by atoms with Crippen LogP contribution in [0.3, 0.4) is 0 Å². The molecule has 0 amide bonds. The fourth-order valence-electron chi connectivity index (χ4n) is 1.10. The van der Waals surface area contributed by atoms with Gasteiger partial charge in [0.25, 0.3) is 0 Å². The number of nitrogens with zero attached hydrogens (tertiary/aromatic N) is 2. The molecule has 0 N–H and O–H groups in total. The van der Waals surface area contributed by atoms with Crippen molar-refractivity contribution < 1.29 is 0 Å². The van der Waals surface area contributed by atoms with Gasteiger partial charge in [0, 0.05) is 0 Å². The van der Waals surface area contributed by atoms with Crippen LogP contribution < -0.4 is 0 Å². The van der Waals surface area contributed by atoms with Gasteiger partial charge >= 0.3 is 0 Å². The van der Waals surface area contributed by atoms with Crippen LogP contribution in [-0.4, -0.2) is 10.2 Å². The summed E-state index contributed by atoms with van der Waals surface area (Å²) in [6, 6.07) is 0. The van der Waals surface area contributed by atoms with Crippen molar-refractivity contribution in [3.63, 3.8) is 0 Å². The predicted molar refractivity (Wildman–Crippen MR) is 54.9 cm³/mol. The predicted octanol–water partition coefficient (Wildman–Crippen LogP) is 3.28. The molecule has 0 fully saturated rings. The molecule has 1 aromatic heterocycles. The molecule has 0 bridgehead atoms. The summed E-state index contributed by atoms with van der Waals surface area (Å²) in [5.41, 5.74) is 1.27. The second kappa shape index (κ2) is 3.62. The summed E-state index contributed by atoms with van der Waals surface area (Å²) < 4.78 is 0. The van der Waals surface area contributed by atoms with Gasteiger partial charge in [-0.3, -0.25) is 0 Å². The third-order valence-electron chi connectivity index (χ3n) is 2.48. The van der Waals surface area contributed by atoms with E-state index in [4.69, 9.17) is 11.6 Å². The van der Waals surface area contributed by atoms with Crippen LogP contribution in [0.5, 0.6) is 0 Å². The van der Waals surface area contributed by atoms with Gasteiger partial charge in [0.15, 0.2) is 0 Å². The van der Waals surface area contributed by atoms with Crippen LogP contribution >= 0.6 is 11.6 Å². The molecule has 2 nitrogen and oxygen atoms in total. The van der Waals surface area contributed by atoms with Crippen molar-refractivity contribution in [3.8, 4) is 0 Å². The maximum atomic E-state index is 6.02. The van der Waals surface area contributed by atoms with E-state index in [9.17, 15) is 0 Å². The van der Waals surface area contributed by atoms with E-state index in [0.29, 0.717) is 10.9 Å². The molecular weight excluding hydrogens is 184 g/mol. The summed E-state index contributed by atoms with van der Waals surface area (Å²) in [5.74, 6) is 0.385. The Morgan fingerprint density at radius 3 is 2.23 bits per heavy atom. The first-order valence-electron chi connectivity index (χ1n) is 4.39. The minimum atomic E-state index is 0.201. The Morgan fingerprint density at radius 1 is 1.23 bits per heavy atom. The molecule has 0 aromatic carbocycles. The Hall–Kier alpha value is -0.630. The molecule has 0 saturated heterocycles. The van der Waals surface area contributed by atoms with Crippen LogP contribution in [0.4, 0.5) is 0 Å². The van der Waals surface area contributed by atoms with E-state index in [2.05, 4.69) is 37.9 Å². The fourth-order valence-corrected chi connectivity index (χ4v) is 1.36. The smallest absolute Gasteiger partial charge is 0.0685 e. The van der Waals surface area contributed by atoms with Crippen molar-refractivity contribution in [3.05, 3.63) is 23.0 Å². The molecule has 0 spiro atoms. The van der Waals surface area contributed by atoms with Crippen molar-refractivity contribution in [2.24, 2.45) is 5.41 Å². The van der Waals surface area contributed by atoms with Gasteiger partial charge in [0.2, 0.25) is 0 Å². The molecule has 3 heteroatoms. The average molecular weight is 199 g/mol. The van der Waals surface area contributed by atoms with Gasteiger partial charge in [-0.05, 0) is 16.9 Å². The van der Waals surface area contributed by atoms with E-state index in [1.807, 2.05) is 0 Å². The highest BCUT2D eigenvalue weighted by molar-refractivity contribution is 6.31. The first-order valence-corrected chi connectivity index (χ1v) is 4.77. The van der Waals surface area contributed by atoms with Gasteiger partial charge in [-0.2, -0.15) is 10.2 Å². The number of halogens is 1. The van der Waals surface area contributed by atoms with Gasteiger partial charge < -0.3 is 0 Å². The summed E-state index contributed by atoms with van der Waals surface area (Å²) in [5, 5.41) is 8.28.